The molecule has 7 unspecified atom stereocenters. The standard InChI is InChI=1S/C29H37.C10H15.C8H8.2ClH.Zr/c1-16-13-14-25-26-23-12-10-9-11-22(23)15-24(26)27-19(4)17(2)18(3)21(6)29(27,8)28(25,7)20(16)5;1-8-5-6-9(7-8)10(2,3)4;1-2-8-6-4-3-5-7-8;;;/h9-14,16-18,20-21H,15H2,1-8H3;5-7H,1-4H3;1,3-7H,2H2;2*1H;/q2*-1;;;;+2/p-2. The molecule has 0 spiro atoms. The Balaban J connectivity index is 0.000000265. The van der Waals surface area contributed by atoms with E-state index in [1.54, 1.807) is 28.2 Å². The summed E-state index contributed by atoms with van der Waals surface area (Å²) in [5, 5.41) is 0. The second-order valence-corrected chi connectivity index (χ2v) is 17.8. The van der Waals surface area contributed by atoms with Crippen molar-refractivity contribution in [3.8, 4) is 0 Å². The van der Waals surface area contributed by atoms with Crippen molar-refractivity contribution < 1.29 is 49.0 Å². The molecule has 0 bridgehead atoms. The molecule has 0 aromatic heterocycles. The third kappa shape index (κ3) is 7.37. The van der Waals surface area contributed by atoms with Gasteiger partial charge in [0, 0.05) is 5.41 Å². The van der Waals surface area contributed by atoms with E-state index in [0.717, 1.165) is 12.8 Å². The zero-order valence-electron chi connectivity index (χ0n) is 32.7. The van der Waals surface area contributed by atoms with Gasteiger partial charge in [-0.15, -0.1) is 6.92 Å². The van der Waals surface area contributed by atoms with Gasteiger partial charge in [0.15, 0.2) is 0 Å². The molecule has 7 atom stereocenters. The molecule has 4 aliphatic carbocycles. The van der Waals surface area contributed by atoms with Crippen molar-refractivity contribution in [3.05, 3.63) is 135 Å². The number of benzene rings is 2. The van der Waals surface area contributed by atoms with E-state index >= 15 is 0 Å². The van der Waals surface area contributed by atoms with E-state index in [1.807, 2.05) is 6.07 Å². The molecule has 268 valence electrons. The molecule has 0 amide bonds. The predicted octanol–water partition coefficient (Wildman–Crippen LogP) is 6.27. The van der Waals surface area contributed by atoms with E-state index in [9.17, 15) is 0 Å². The van der Waals surface area contributed by atoms with Crippen LogP contribution in [0.5, 0.6) is 0 Å². The molecule has 4 aliphatic rings. The minimum atomic E-state index is 0. The van der Waals surface area contributed by atoms with Crippen molar-refractivity contribution in [3.63, 3.8) is 0 Å². The maximum absolute atomic E-state index is 2.63. The Kier molecular flexibility index (Phi) is 14.1. The zero-order chi connectivity index (χ0) is 35.2. The summed E-state index contributed by atoms with van der Waals surface area (Å²) in [4.78, 5) is 0. The van der Waals surface area contributed by atoms with Gasteiger partial charge in [0.1, 0.15) is 0 Å². The van der Waals surface area contributed by atoms with Crippen molar-refractivity contribution in [2.45, 2.75) is 101 Å². The molecule has 0 saturated heterocycles. The number of rotatable bonds is 2. The molecular weight excluding hydrogens is 727 g/mol. The van der Waals surface area contributed by atoms with E-state index in [0.29, 0.717) is 35.0 Å². The number of hydrogen-bond acceptors (Lipinski definition) is 0. The molecule has 0 nitrogen and oxygen atoms in total. The third-order valence-electron chi connectivity index (χ3n) is 13.5. The first-order valence-corrected chi connectivity index (χ1v) is 19.9. The van der Waals surface area contributed by atoms with Crippen molar-refractivity contribution in [1.29, 1.82) is 0 Å². The van der Waals surface area contributed by atoms with Gasteiger partial charge < -0.3 is 24.8 Å². The molecule has 7 rings (SSSR count). The third-order valence-corrected chi connectivity index (χ3v) is 14.0. The summed E-state index contributed by atoms with van der Waals surface area (Å²) in [6.45, 7) is 29.0. The number of allylic oxidation sites excluding steroid dienone is 6. The van der Waals surface area contributed by atoms with Gasteiger partial charge in [0.25, 0.3) is 0 Å². The molecule has 0 heterocycles. The Morgan fingerprint density at radius 1 is 0.900 bits per heavy atom. The molecule has 3 aromatic carbocycles. The molecule has 3 aromatic rings. The van der Waals surface area contributed by atoms with Crippen LogP contribution in [0.15, 0.2) is 102 Å². The van der Waals surface area contributed by atoms with Gasteiger partial charge in [-0.3, -0.25) is 0 Å². The van der Waals surface area contributed by atoms with Gasteiger partial charge in [0.05, 0.1) is 0 Å². The van der Waals surface area contributed by atoms with Crippen LogP contribution in [0, 0.1) is 53.3 Å². The van der Waals surface area contributed by atoms with E-state index in [2.05, 4.69) is 166 Å². The van der Waals surface area contributed by atoms with Gasteiger partial charge in [-0.1, -0.05) is 147 Å². The quantitative estimate of drug-likeness (QED) is 0.269. The number of fused-ring (bicyclic) bond motifs is 6. The number of aryl methyl sites for hydroxylation is 1. The van der Waals surface area contributed by atoms with Crippen LogP contribution >= 0.6 is 0 Å². The Morgan fingerprint density at radius 2 is 1.52 bits per heavy atom. The van der Waals surface area contributed by atoms with Crippen LogP contribution in [0.25, 0.3) is 5.57 Å². The van der Waals surface area contributed by atoms with Crippen molar-refractivity contribution in [1.82, 2.24) is 0 Å². The van der Waals surface area contributed by atoms with Crippen LogP contribution in [-0.2, 0) is 42.5 Å². The predicted molar refractivity (Wildman–Crippen MR) is 206 cm³/mol. The van der Waals surface area contributed by atoms with Crippen molar-refractivity contribution >= 4 is 9.28 Å². The second kappa shape index (κ2) is 16.5. The molecule has 0 N–H and O–H groups in total. The van der Waals surface area contributed by atoms with Crippen molar-refractivity contribution in [2.24, 2.45) is 40.4 Å². The summed E-state index contributed by atoms with van der Waals surface area (Å²) >= 11 is 1.51. The Morgan fingerprint density at radius 3 is 2.08 bits per heavy atom. The van der Waals surface area contributed by atoms with Crippen LogP contribution in [0.4, 0.5) is 0 Å². The Hall–Kier alpha value is -1.79. The first kappa shape index (κ1) is 42.6. The summed E-state index contributed by atoms with van der Waals surface area (Å²) in [6, 6.07) is 26.3. The zero-order valence-corrected chi connectivity index (χ0v) is 36.7. The van der Waals surface area contributed by atoms with Gasteiger partial charge >= 0.3 is 70.3 Å². The number of hydrogen-bond donors (Lipinski definition) is 0. The second-order valence-electron chi connectivity index (χ2n) is 16.8. The van der Waals surface area contributed by atoms with Gasteiger partial charge in [-0.05, 0) is 34.7 Å². The molecule has 1 fully saturated rings. The first-order chi connectivity index (χ1) is 22.6. The molecule has 0 radical (unpaired) electrons. The monoisotopic (exact) mass is 784 g/mol. The molecule has 3 heteroatoms. The summed E-state index contributed by atoms with van der Waals surface area (Å²) in [6.07, 6.45) is 7.24. The average Bonchev–Trinajstić information content (AvgIpc) is 3.67. The minimum absolute atomic E-state index is 0. The van der Waals surface area contributed by atoms with Crippen LogP contribution in [0.2, 0.25) is 0 Å². The number of halogens is 2. The van der Waals surface area contributed by atoms with Crippen LogP contribution in [0.1, 0.15) is 104 Å². The fourth-order valence-corrected chi connectivity index (χ4v) is 10.2. The van der Waals surface area contributed by atoms with E-state index < -0.39 is 0 Å². The maximum atomic E-state index is 2.63. The van der Waals surface area contributed by atoms with Gasteiger partial charge in [-0.2, -0.15) is 34.4 Å². The van der Waals surface area contributed by atoms with Crippen LogP contribution in [0.3, 0.4) is 0 Å². The fourth-order valence-electron chi connectivity index (χ4n) is 9.60. The normalized spacial score (nSPS) is 29.1. The Bertz CT molecular complexity index is 1710. The van der Waals surface area contributed by atoms with E-state index in [4.69, 9.17) is 0 Å². The van der Waals surface area contributed by atoms with Crippen LogP contribution < -0.4 is 24.8 Å². The molecular formula is C47H60Cl2Zr-2. The first-order valence-electron chi connectivity index (χ1n) is 18.4. The summed E-state index contributed by atoms with van der Waals surface area (Å²) in [5.74, 6) is 4.93. The molecule has 0 aliphatic heterocycles. The van der Waals surface area contributed by atoms with E-state index in [1.165, 1.54) is 52.1 Å². The molecule has 1 saturated carbocycles. The van der Waals surface area contributed by atoms with Crippen LogP contribution in [-0.4, -0.2) is 3.71 Å². The topological polar surface area (TPSA) is 0 Å². The Labute approximate surface area is 333 Å². The van der Waals surface area contributed by atoms with Gasteiger partial charge in [0.2, 0.25) is 0 Å². The summed E-state index contributed by atoms with van der Waals surface area (Å²) in [5.41, 5.74) is 14.5. The SMILES string of the molecule is C[C-]1C2=C3Cc4ccccc4C3=C3C=CC(C)C(C)C3(C)C2(C)C(C)C(C)C1C.Cc1cc(C(C)(C)C)c[cH-]1.[Cl-].[Cl-].[Zr+2]=[CH]Cc1ccccc1. The van der Waals surface area contributed by atoms with Crippen molar-refractivity contribution in [2.75, 3.05) is 0 Å². The van der Waals surface area contributed by atoms with E-state index in [-0.39, 0.29) is 35.6 Å². The molecule has 50 heavy (non-hydrogen) atoms. The summed E-state index contributed by atoms with van der Waals surface area (Å²) in [7, 11) is 0. The summed E-state index contributed by atoms with van der Waals surface area (Å²) < 4.78 is 2.25. The van der Waals surface area contributed by atoms with Gasteiger partial charge in [-0.25, -0.2) is 12.0 Å². The average molecular weight is 787 g/mol. The fraction of sp³-hybridized carbons (Fsp3) is 0.468.